The summed E-state index contributed by atoms with van der Waals surface area (Å²) in [6.45, 7) is 6.97. The summed E-state index contributed by atoms with van der Waals surface area (Å²) >= 11 is 0. The molecule has 0 amide bonds. The van der Waals surface area contributed by atoms with E-state index in [1.165, 1.54) is 32.4 Å². The van der Waals surface area contributed by atoms with Crippen LogP contribution in [0.15, 0.2) is 0 Å². The lowest BCUT2D eigenvalue weighted by Crippen LogP contribution is -2.37. The van der Waals surface area contributed by atoms with Crippen molar-refractivity contribution in [2.75, 3.05) is 13.1 Å². The zero-order valence-corrected chi connectivity index (χ0v) is 7.14. The zero-order valence-electron chi connectivity index (χ0n) is 7.14. The Morgan fingerprint density at radius 2 is 2.30 bits per heavy atom. The van der Waals surface area contributed by atoms with Gasteiger partial charge in [0.25, 0.3) is 0 Å². The van der Waals surface area contributed by atoms with Crippen molar-refractivity contribution in [3.05, 3.63) is 6.42 Å². The van der Waals surface area contributed by atoms with Crippen LogP contribution in [0.1, 0.15) is 33.1 Å². The van der Waals surface area contributed by atoms with Gasteiger partial charge in [-0.1, -0.05) is 13.3 Å². The molecule has 1 radical (unpaired) electrons. The molecule has 0 aromatic rings. The molecule has 0 aromatic carbocycles. The predicted molar refractivity (Wildman–Crippen MR) is 44.9 cm³/mol. The van der Waals surface area contributed by atoms with E-state index in [2.05, 4.69) is 25.2 Å². The third kappa shape index (κ3) is 1.98. The molecule has 1 heterocycles. The molecule has 1 unspecified atom stereocenters. The second-order valence-electron chi connectivity index (χ2n) is 3.25. The first-order valence-electron chi connectivity index (χ1n) is 4.36. The highest BCUT2D eigenvalue weighted by atomic mass is 15.1. The third-order valence-electron chi connectivity index (χ3n) is 2.36. The van der Waals surface area contributed by atoms with Gasteiger partial charge in [0.05, 0.1) is 0 Å². The quantitative estimate of drug-likeness (QED) is 0.567. The largest absolute Gasteiger partial charge is 0.300 e. The second kappa shape index (κ2) is 3.97. The first-order chi connectivity index (χ1) is 4.84. The molecule has 1 aliphatic rings. The van der Waals surface area contributed by atoms with E-state index in [1.54, 1.807) is 0 Å². The average molecular weight is 140 g/mol. The number of piperidine rings is 1. The summed E-state index contributed by atoms with van der Waals surface area (Å²) < 4.78 is 0. The van der Waals surface area contributed by atoms with Gasteiger partial charge in [0.15, 0.2) is 0 Å². The van der Waals surface area contributed by atoms with Crippen molar-refractivity contribution < 1.29 is 0 Å². The molecular formula is C9H18N. The fourth-order valence-electron chi connectivity index (χ4n) is 1.66. The number of nitrogens with zero attached hydrogens (tertiary/aromatic N) is 1. The van der Waals surface area contributed by atoms with Crippen LogP contribution < -0.4 is 0 Å². The van der Waals surface area contributed by atoms with Gasteiger partial charge in [-0.25, -0.2) is 0 Å². The minimum atomic E-state index is 0.824. The van der Waals surface area contributed by atoms with Crippen molar-refractivity contribution in [3.63, 3.8) is 0 Å². The van der Waals surface area contributed by atoms with Gasteiger partial charge in [-0.2, -0.15) is 0 Å². The van der Waals surface area contributed by atoms with Gasteiger partial charge in [-0.3, -0.25) is 0 Å². The van der Waals surface area contributed by atoms with Gasteiger partial charge in [-0.05, 0) is 32.7 Å². The van der Waals surface area contributed by atoms with Crippen LogP contribution in [0.5, 0.6) is 0 Å². The van der Waals surface area contributed by atoms with E-state index in [-0.39, 0.29) is 0 Å². The minimum Gasteiger partial charge on any atom is -0.300 e. The van der Waals surface area contributed by atoms with E-state index < -0.39 is 0 Å². The monoisotopic (exact) mass is 140 g/mol. The summed E-state index contributed by atoms with van der Waals surface area (Å²) in [7, 11) is 0. The average Bonchev–Trinajstić information content (AvgIpc) is 1.94. The van der Waals surface area contributed by atoms with E-state index in [1.807, 2.05) is 0 Å². The molecular weight excluding hydrogens is 122 g/mol. The molecule has 1 aliphatic heterocycles. The van der Waals surface area contributed by atoms with Crippen LogP contribution in [0.3, 0.4) is 0 Å². The van der Waals surface area contributed by atoms with Gasteiger partial charge >= 0.3 is 0 Å². The van der Waals surface area contributed by atoms with Crippen LogP contribution in [0.25, 0.3) is 0 Å². The van der Waals surface area contributed by atoms with Crippen molar-refractivity contribution in [3.8, 4) is 0 Å². The highest BCUT2D eigenvalue weighted by molar-refractivity contribution is 4.76. The molecule has 1 rings (SSSR count). The van der Waals surface area contributed by atoms with Gasteiger partial charge < -0.3 is 4.90 Å². The predicted octanol–water partition coefficient (Wildman–Crippen LogP) is 2.08. The lowest BCUT2D eigenvalue weighted by molar-refractivity contribution is 0.174. The van der Waals surface area contributed by atoms with Crippen molar-refractivity contribution >= 4 is 0 Å². The zero-order chi connectivity index (χ0) is 7.40. The Kier molecular flexibility index (Phi) is 3.20. The smallest absolute Gasteiger partial charge is 0.00670 e. The molecule has 1 saturated heterocycles. The number of hydrogen-bond donors (Lipinski definition) is 0. The van der Waals surface area contributed by atoms with Crippen LogP contribution in [0.2, 0.25) is 0 Å². The maximum absolute atomic E-state index is 2.56. The van der Waals surface area contributed by atoms with Gasteiger partial charge in [0.1, 0.15) is 0 Å². The fourth-order valence-corrected chi connectivity index (χ4v) is 1.66. The number of likely N-dealkylation sites (tertiary alicyclic amines) is 1. The van der Waals surface area contributed by atoms with E-state index in [9.17, 15) is 0 Å². The van der Waals surface area contributed by atoms with Gasteiger partial charge in [0.2, 0.25) is 0 Å². The molecule has 0 saturated carbocycles. The lowest BCUT2D eigenvalue weighted by atomic mass is 10.0. The van der Waals surface area contributed by atoms with Crippen molar-refractivity contribution in [1.82, 2.24) is 4.90 Å². The number of hydrogen-bond acceptors (Lipinski definition) is 1. The topological polar surface area (TPSA) is 3.24 Å². The van der Waals surface area contributed by atoms with Crippen LogP contribution in [-0.2, 0) is 0 Å². The maximum atomic E-state index is 2.56. The summed E-state index contributed by atoms with van der Waals surface area (Å²) in [6, 6.07) is 0.824. The summed E-state index contributed by atoms with van der Waals surface area (Å²) in [5, 5.41) is 0. The molecule has 0 spiro atoms. The number of rotatable bonds is 2. The minimum absolute atomic E-state index is 0.824. The Labute approximate surface area is 64.4 Å². The van der Waals surface area contributed by atoms with Crippen LogP contribution in [-0.4, -0.2) is 24.0 Å². The summed E-state index contributed by atoms with van der Waals surface area (Å²) in [5.41, 5.74) is 0. The summed E-state index contributed by atoms with van der Waals surface area (Å²) in [5.74, 6) is 0. The normalized spacial score (nSPS) is 28.8. The Morgan fingerprint density at radius 3 is 2.90 bits per heavy atom. The Balaban J connectivity index is 2.25. The van der Waals surface area contributed by atoms with Gasteiger partial charge in [-0.15, -0.1) is 0 Å². The summed E-state index contributed by atoms with van der Waals surface area (Å²) in [6.07, 6.45) is 6.48. The van der Waals surface area contributed by atoms with E-state index >= 15 is 0 Å². The summed E-state index contributed by atoms with van der Waals surface area (Å²) in [4.78, 5) is 2.56. The van der Waals surface area contributed by atoms with E-state index in [4.69, 9.17) is 0 Å². The highest BCUT2D eigenvalue weighted by Crippen LogP contribution is 2.15. The van der Waals surface area contributed by atoms with Crippen molar-refractivity contribution in [1.29, 1.82) is 0 Å². The standard InChI is InChI=1S/C9H18N/c1-3-7-10-8-5-4-6-9(10)2/h3,9H,4-8H2,1-2H3. The first kappa shape index (κ1) is 8.06. The Hall–Kier alpha value is -0.0400. The van der Waals surface area contributed by atoms with Crippen LogP contribution in [0.4, 0.5) is 0 Å². The molecule has 0 aromatic heterocycles. The molecule has 1 fully saturated rings. The molecule has 0 bridgehead atoms. The van der Waals surface area contributed by atoms with E-state index in [0.717, 1.165) is 6.04 Å². The Morgan fingerprint density at radius 1 is 1.50 bits per heavy atom. The SMILES string of the molecule is C[CH]CN1CCCCC1C. The van der Waals surface area contributed by atoms with Crippen molar-refractivity contribution in [2.45, 2.75) is 39.2 Å². The van der Waals surface area contributed by atoms with Crippen LogP contribution >= 0.6 is 0 Å². The first-order valence-corrected chi connectivity index (χ1v) is 4.36. The Bertz CT molecular complexity index is 88.7. The maximum Gasteiger partial charge on any atom is 0.00670 e. The highest BCUT2D eigenvalue weighted by Gasteiger charge is 2.16. The molecule has 0 N–H and O–H groups in total. The molecule has 1 atom stereocenters. The van der Waals surface area contributed by atoms with Crippen molar-refractivity contribution in [2.24, 2.45) is 0 Å². The fraction of sp³-hybridized carbons (Fsp3) is 0.889. The molecule has 1 nitrogen and oxygen atoms in total. The molecule has 1 heteroatoms. The third-order valence-corrected chi connectivity index (χ3v) is 2.36. The van der Waals surface area contributed by atoms with E-state index in [0.29, 0.717) is 0 Å². The molecule has 10 heavy (non-hydrogen) atoms. The molecule has 59 valence electrons. The molecule has 0 aliphatic carbocycles. The second-order valence-corrected chi connectivity index (χ2v) is 3.25. The lowest BCUT2D eigenvalue weighted by Gasteiger charge is -2.32. The van der Waals surface area contributed by atoms with Crippen LogP contribution in [0, 0.1) is 6.42 Å². The van der Waals surface area contributed by atoms with Gasteiger partial charge in [0, 0.05) is 12.6 Å².